The number of aromatic nitrogens is 3. The lowest BCUT2D eigenvalue weighted by Gasteiger charge is -2.13. The van der Waals surface area contributed by atoms with Crippen molar-refractivity contribution in [2.24, 2.45) is 0 Å². The maximum atomic E-state index is 12.2. The van der Waals surface area contributed by atoms with Crippen LogP contribution < -0.4 is 5.32 Å². The van der Waals surface area contributed by atoms with Crippen LogP contribution in [0.1, 0.15) is 18.2 Å². The van der Waals surface area contributed by atoms with E-state index in [0.717, 1.165) is 22.7 Å². The number of benzene rings is 1. The zero-order valence-corrected chi connectivity index (χ0v) is 17.0. The quantitative estimate of drug-likeness (QED) is 0.556. The number of amides is 1. The molecule has 3 rings (SSSR count). The van der Waals surface area contributed by atoms with Crippen LogP contribution in [0.2, 0.25) is 0 Å². The van der Waals surface area contributed by atoms with Crippen molar-refractivity contribution in [3.05, 3.63) is 54.0 Å². The van der Waals surface area contributed by atoms with Crippen molar-refractivity contribution in [2.75, 3.05) is 19.5 Å². The summed E-state index contributed by atoms with van der Waals surface area (Å²) in [4.78, 5) is 12.2. The summed E-state index contributed by atoms with van der Waals surface area (Å²) >= 11 is 1.36. The predicted octanol–water partition coefficient (Wildman–Crippen LogP) is 3.14. The number of aryl methyl sites for hydroxylation is 1. The van der Waals surface area contributed by atoms with E-state index in [1.807, 2.05) is 42.7 Å². The van der Waals surface area contributed by atoms with Gasteiger partial charge in [-0.25, -0.2) is 0 Å². The number of thioether (sulfide) groups is 1. The minimum atomic E-state index is -0.0650. The van der Waals surface area contributed by atoms with E-state index < -0.39 is 0 Å². The molecule has 0 aliphatic carbocycles. The standard InChI is InChI=1S/C20H24N4O3S/c1-14(12-26-3)21-18(25)13-28-20-23-22-19(17-9-10-27-15(17)2)24(20)11-16-7-5-4-6-8-16/h4-10,14H,11-13H2,1-3H3,(H,21,25). The van der Waals surface area contributed by atoms with Gasteiger partial charge in [0.1, 0.15) is 5.76 Å². The van der Waals surface area contributed by atoms with Crippen LogP contribution in [-0.4, -0.2) is 46.2 Å². The molecule has 2 heterocycles. The van der Waals surface area contributed by atoms with Crippen molar-refractivity contribution >= 4 is 17.7 Å². The highest BCUT2D eigenvalue weighted by Crippen LogP contribution is 2.27. The van der Waals surface area contributed by atoms with Gasteiger partial charge in [0.25, 0.3) is 0 Å². The number of hydrogen-bond acceptors (Lipinski definition) is 6. The third-order valence-electron chi connectivity index (χ3n) is 4.16. The third kappa shape index (κ3) is 5.02. The Morgan fingerprint density at radius 1 is 1.29 bits per heavy atom. The van der Waals surface area contributed by atoms with Crippen molar-refractivity contribution in [3.8, 4) is 11.4 Å². The van der Waals surface area contributed by atoms with Crippen LogP contribution in [0.3, 0.4) is 0 Å². The normalized spacial score (nSPS) is 12.1. The average Bonchev–Trinajstić information content (AvgIpc) is 3.27. The molecular weight excluding hydrogens is 376 g/mol. The SMILES string of the molecule is COCC(C)NC(=O)CSc1nnc(-c2ccoc2C)n1Cc1ccccc1. The zero-order chi connectivity index (χ0) is 19.9. The van der Waals surface area contributed by atoms with Gasteiger partial charge >= 0.3 is 0 Å². The maximum Gasteiger partial charge on any atom is 0.230 e. The molecule has 0 saturated carbocycles. The molecule has 0 radical (unpaired) electrons. The van der Waals surface area contributed by atoms with Gasteiger partial charge in [-0.15, -0.1) is 10.2 Å². The fraction of sp³-hybridized carbons (Fsp3) is 0.350. The van der Waals surface area contributed by atoms with Crippen molar-refractivity contribution in [3.63, 3.8) is 0 Å². The molecule has 1 unspecified atom stereocenters. The number of methoxy groups -OCH3 is 1. The topological polar surface area (TPSA) is 82.2 Å². The Hall–Kier alpha value is -2.58. The Labute approximate surface area is 168 Å². The second-order valence-electron chi connectivity index (χ2n) is 6.48. The number of nitrogens with one attached hydrogen (secondary N) is 1. The van der Waals surface area contributed by atoms with E-state index in [1.54, 1.807) is 13.4 Å². The van der Waals surface area contributed by atoms with Crippen LogP contribution in [0.25, 0.3) is 11.4 Å². The van der Waals surface area contributed by atoms with E-state index in [9.17, 15) is 4.79 Å². The molecule has 1 N–H and O–H groups in total. The van der Waals surface area contributed by atoms with Gasteiger partial charge in [0, 0.05) is 13.2 Å². The van der Waals surface area contributed by atoms with Gasteiger partial charge in [-0.3, -0.25) is 9.36 Å². The summed E-state index contributed by atoms with van der Waals surface area (Å²) < 4.78 is 12.5. The summed E-state index contributed by atoms with van der Waals surface area (Å²) in [6.07, 6.45) is 1.64. The second kappa shape index (κ2) is 9.57. The Bertz CT molecular complexity index is 907. The third-order valence-corrected chi connectivity index (χ3v) is 5.12. The summed E-state index contributed by atoms with van der Waals surface area (Å²) in [5.41, 5.74) is 2.03. The largest absolute Gasteiger partial charge is 0.469 e. The highest BCUT2D eigenvalue weighted by Gasteiger charge is 2.19. The van der Waals surface area contributed by atoms with Crippen LogP contribution in [0.15, 0.2) is 52.2 Å². The van der Waals surface area contributed by atoms with Gasteiger partial charge in [-0.1, -0.05) is 42.1 Å². The van der Waals surface area contributed by atoms with Crippen molar-refractivity contribution in [1.29, 1.82) is 0 Å². The number of rotatable bonds is 9. The first-order chi connectivity index (χ1) is 13.6. The molecule has 0 aliphatic heterocycles. The minimum Gasteiger partial charge on any atom is -0.469 e. The van der Waals surface area contributed by atoms with E-state index >= 15 is 0 Å². The molecule has 0 saturated heterocycles. The molecule has 0 bridgehead atoms. The maximum absolute atomic E-state index is 12.2. The molecule has 0 aliphatic rings. The van der Waals surface area contributed by atoms with Crippen LogP contribution in [0.4, 0.5) is 0 Å². The average molecular weight is 401 g/mol. The Balaban J connectivity index is 1.80. The van der Waals surface area contributed by atoms with Crippen molar-refractivity contribution < 1.29 is 13.9 Å². The molecule has 8 heteroatoms. The minimum absolute atomic E-state index is 0.0376. The summed E-state index contributed by atoms with van der Waals surface area (Å²) in [6, 6.07) is 11.9. The Kier molecular flexibility index (Phi) is 6.89. The Morgan fingerprint density at radius 2 is 2.07 bits per heavy atom. The van der Waals surface area contributed by atoms with Crippen LogP contribution in [0.5, 0.6) is 0 Å². The lowest BCUT2D eigenvalue weighted by molar-refractivity contribution is -0.119. The monoisotopic (exact) mass is 400 g/mol. The van der Waals surface area contributed by atoms with Gasteiger partial charge in [0.05, 0.1) is 30.7 Å². The van der Waals surface area contributed by atoms with Gasteiger partial charge in [0.15, 0.2) is 11.0 Å². The molecule has 1 aromatic carbocycles. The van der Waals surface area contributed by atoms with Gasteiger partial charge in [0.2, 0.25) is 5.91 Å². The van der Waals surface area contributed by atoms with Gasteiger partial charge in [-0.2, -0.15) is 0 Å². The smallest absolute Gasteiger partial charge is 0.230 e. The molecule has 7 nitrogen and oxygen atoms in total. The van der Waals surface area contributed by atoms with Gasteiger partial charge < -0.3 is 14.5 Å². The second-order valence-corrected chi connectivity index (χ2v) is 7.42. The van der Waals surface area contributed by atoms with Crippen LogP contribution in [0, 0.1) is 6.92 Å². The van der Waals surface area contributed by atoms with E-state index in [1.165, 1.54) is 11.8 Å². The first-order valence-corrected chi connectivity index (χ1v) is 9.99. The summed E-state index contributed by atoms with van der Waals surface area (Å²) in [7, 11) is 1.61. The fourth-order valence-electron chi connectivity index (χ4n) is 2.86. The number of carbonyl (C=O) groups is 1. The van der Waals surface area contributed by atoms with Crippen LogP contribution >= 0.6 is 11.8 Å². The van der Waals surface area contributed by atoms with E-state index in [2.05, 4.69) is 27.6 Å². The number of furan rings is 1. The molecule has 1 atom stereocenters. The predicted molar refractivity (Wildman–Crippen MR) is 108 cm³/mol. The molecule has 3 aromatic rings. The highest BCUT2D eigenvalue weighted by atomic mass is 32.2. The Morgan fingerprint density at radius 3 is 2.75 bits per heavy atom. The van der Waals surface area contributed by atoms with Gasteiger partial charge in [-0.05, 0) is 25.5 Å². The van der Waals surface area contributed by atoms with E-state index in [0.29, 0.717) is 18.3 Å². The van der Waals surface area contributed by atoms with Crippen molar-refractivity contribution in [1.82, 2.24) is 20.1 Å². The highest BCUT2D eigenvalue weighted by molar-refractivity contribution is 7.99. The molecule has 1 amide bonds. The molecule has 0 fully saturated rings. The van der Waals surface area contributed by atoms with Crippen molar-refractivity contribution in [2.45, 2.75) is 31.6 Å². The van der Waals surface area contributed by atoms with E-state index in [-0.39, 0.29) is 17.7 Å². The number of nitrogens with zero attached hydrogens (tertiary/aromatic N) is 3. The lowest BCUT2D eigenvalue weighted by atomic mass is 10.2. The molecule has 148 valence electrons. The zero-order valence-electron chi connectivity index (χ0n) is 16.2. The number of carbonyl (C=O) groups excluding carboxylic acids is 1. The molecule has 0 spiro atoms. The lowest BCUT2D eigenvalue weighted by Crippen LogP contribution is -2.36. The first-order valence-electron chi connectivity index (χ1n) is 9.01. The summed E-state index contributed by atoms with van der Waals surface area (Å²) in [5, 5.41) is 12.3. The summed E-state index contributed by atoms with van der Waals surface area (Å²) in [6.45, 7) is 4.89. The summed E-state index contributed by atoms with van der Waals surface area (Å²) in [5.74, 6) is 1.70. The molecule has 2 aromatic heterocycles. The molecule has 28 heavy (non-hydrogen) atoms. The number of ether oxygens (including phenoxy) is 1. The number of hydrogen-bond donors (Lipinski definition) is 1. The van der Waals surface area contributed by atoms with E-state index in [4.69, 9.17) is 9.15 Å². The molecular formula is C20H24N4O3S. The first kappa shape index (κ1) is 20.2. The fourth-order valence-corrected chi connectivity index (χ4v) is 3.61. The van der Waals surface area contributed by atoms with Crippen LogP contribution in [-0.2, 0) is 16.1 Å².